The highest BCUT2D eigenvalue weighted by Gasteiger charge is 2.68. The average Bonchev–Trinajstić information content (AvgIpc) is 3.19. The molecule has 0 radical (unpaired) electrons. The van der Waals surface area contributed by atoms with Gasteiger partial charge in [-0.3, -0.25) is 24.6 Å². The predicted octanol–water partition coefficient (Wildman–Crippen LogP) is 1.86. The highest BCUT2D eigenvalue weighted by molar-refractivity contribution is 6.09. The Hall–Kier alpha value is -3.06. The van der Waals surface area contributed by atoms with Gasteiger partial charge in [0.25, 0.3) is 0 Å². The van der Waals surface area contributed by atoms with E-state index in [0.717, 1.165) is 10.5 Å². The van der Waals surface area contributed by atoms with Gasteiger partial charge in [-0.1, -0.05) is 42.5 Å². The maximum Gasteiger partial charge on any atom is 0.327 e. The van der Waals surface area contributed by atoms with E-state index < -0.39 is 41.1 Å². The molecule has 0 bridgehead atoms. The minimum absolute atomic E-state index is 0.187. The number of hydrogen-bond acceptors (Lipinski definition) is 5. The van der Waals surface area contributed by atoms with Crippen LogP contribution in [0.15, 0.2) is 54.6 Å². The molecule has 2 aliphatic heterocycles. The number of ether oxygens (including phenoxy) is 1. The van der Waals surface area contributed by atoms with E-state index in [1.54, 1.807) is 12.1 Å². The lowest BCUT2D eigenvalue weighted by Gasteiger charge is -2.32. The molecule has 0 aromatic heterocycles. The summed E-state index contributed by atoms with van der Waals surface area (Å²) in [4.78, 5) is 40.1. The van der Waals surface area contributed by atoms with E-state index in [9.17, 15) is 18.8 Å². The van der Waals surface area contributed by atoms with Crippen LogP contribution in [0.3, 0.4) is 0 Å². The maximum absolute atomic E-state index is 13.4. The molecule has 0 aliphatic carbocycles. The third-order valence-electron chi connectivity index (χ3n) is 5.98. The highest BCUT2D eigenvalue weighted by Crippen LogP contribution is 2.49. The fourth-order valence-corrected chi connectivity index (χ4v) is 4.63. The lowest BCUT2D eigenvalue weighted by Crippen LogP contribution is -2.57. The van der Waals surface area contributed by atoms with Crippen LogP contribution in [-0.4, -0.2) is 42.4 Å². The summed E-state index contributed by atoms with van der Waals surface area (Å²) in [5.41, 5.74) is 0.0625. The number of amides is 2. The van der Waals surface area contributed by atoms with Gasteiger partial charge in [-0.2, -0.15) is 0 Å². The van der Waals surface area contributed by atoms with Gasteiger partial charge in [-0.15, -0.1) is 0 Å². The molecule has 29 heavy (non-hydrogen) atoms. The van der Waals surface area contributed by atoms with Crippen molar-refractivity contribution in [1.82, 2.24) is 10.2 Å². The zero-order chi connectivity index (χ0) is 20.8. The van der Waals surface area contributed by atoms with Crippen LogP contribution >= 0.6 is 0 Å². The largest absolute Gasteiger partial charge is 0.468 e. The van der Waals surface area contributed by atoms with Crippen LogP contribution in [-0.2, 0) is 25.5 Å². The van der Waals surface area contributed by atoms with Crippen molar-refractivity contribution >= 4 is 17.8 Å². The zero-order valence-corrected chi connectivity index (χ0v) is 16.1. The Bertz CT molecular complexity index is 963. The number of fused-ring (bicyclic) bond motifs is 1. The van der Waals surface area contributed by atoms with Crippen molar-refractivity contribution in [2.75, 3.05) is 14.2 Å². The number of halogens is 1. The summed E-state index contributed by atoms with van der Waals surface area (Å²) in [7, 11) is 2.69. The zero-order valence-electron chi connectivity index (χ0n) is 16.1. The Morgan fingerprint density at radius 2 is 1.76 bits per heavy atom. The van der Waals surface area contributed by atoms with Crippen LogP contribution in [0, 0.1) is 17.7 Å². The fraction of sp³-hybridized carbons (Fsp3) is 0.318. The molecule has 2 aromatic carbocycles. The predicted molar refractivity (Wildman–Crippen MR) is 102 cm³/mol. The second-order valence-electron chi connectivity index (χ2n) is 7.54. The third-order valence-corrected chi connectivity index (χ3v) is 5.98. The number of carbonyl (C=O) groups is 3. The first-order chi connectivity index (χ1) is 13.9. The van der Waals surface area contributed by atoms with Crippen LogP contribution in [0.2, 0.25) is 0 Å². The SMILES string of the molecule is COC(=O)[C@]1(Cc2ccccc2)N[C@H](c2ccc(F)cc2)[C@@H]2C(=O)N(C)C(=O)[C@@H]21. The first-order valence-electron chi connectivity index (χ1n) is 9.36. The van der Waals surface area contributed by atoms with Crippen molar-refractivity contribution in [1.29, 1.82) is 0 Å². The van der Waals surface area contributed by atoms with Crippen LogP contribution in [0.5, 0.6) is 0 Å². The summed E-state index contributed by atoms with van der Waals surface area (Å²) in [6, 6.07) is 14.4. The number of hydrogen-bond donors (Lipinski definition) is 1. The van der Waals surface area contributed by atoms with Gasteiger partial charge in [0.1, 0.15) is 11.4 Å². The number of esters is 1. The summed E-state index contributed by atoms with van der Waals surface area (Å²) >= 11 is 0. The van der Waals surface area contributed by atoms with E-state index >= 15 is 0 Å². The van der Waals surface area contributed by atoms with Crippen molar-refractivity contribution in [3.05, 3.63) is 71.5 Å². The minimum Gasteiger partial charge on any atom is -0.468 e. The Morgan fingerprint density at radius 1 is 1.10 bits per heavy atom. The van der Waals surface area contributed by atoms with Crippen molar-refractivity contribution < 1.29 is 23.5 Å². The Morgan fingerprint density at radius 3 is 2.38 bits per heavy atom. The van der Waals surface area contributed by atoms with Crippen molar-refractivity contribution in [3.8, 4) is 0 Å². The number of carbonyl (C=O) groups excluding carboxylic acids is 3. The lowest BCUT2D eigenvalue weighted by molar-refractivity contribution is -0.153. The van der Waals surface area contributed by atoms with E-state index in [1.807, 2.05) is 30.3 Å². The molecule has 2 aliphatic rings. The van der Waals surface area contributed by atoms with Crippen LogP contribution in [0.25, 0.3) is 0 Å². The molecule has 2 saturated heterocycles. The van der Waals surface area contributed by atoms with Gasteiger partial charge >= 0.3 is 5.97 Å². The van der Waals surface area contributed by atoms with E-state index in [0.29, 0.717) is 5.56 Å². The number of rotatable bonds is 4. The van der Waals surface area contributed by atoms with Gasteiger partial charge in [0, 0.05) is 19.5 Å². The average molecular weight is 396 g/mol. The molecular formula is C22H21FN2O4. The van der Waals surface area contributed by atoms with Crippen LogP contribution < -0.4 is 5.32 Å². The van der Waals surface area contributed by atoms with Gasteiger partial charge in [-0.05, 0) is 23.3 Å². The second-order valence-corrected chi connectivity index (χ2v) is 7.54. The number of nitrogens with zero attached hydrogens (tertiary/aromatic N) is 1. The van der Waals surface area contributed by atoms with Crippen molar-refractivity contribution in [2.45, 2.75) is 18.0 Å². The molecule has 4 rings (SSSR count). The van der Waals surface area contributed by atoms with E-state index in [2.05, 4.69) is 5.32 Å². The van der Waals surface area contributed by atoms with E-state index in [-0.39, 0.29) is 12.3 Å². The minimum atomic E-state index is -1.41. The van der Waals surface area contributed by atoms with Gasteiger partial charge in [0.15, 0.2) is 0 Å². The molecule has 2 heterocycles. The maximum atomic E-state index is 13.4. The first-order valence-corrected chi connectivity index (χ1v) is 9.36. The highest BCUT2D eigenvalue weighted by atomic mass is 19.1. The standard InChI is InChI=1S/C22H21FN2O4/c1-25-19(26)16-17(20(25)27)22(21(28)29-2,12-13-6-4-3-5-7-13)24-18(16)14-8-10-15(23)11-9-14/h3-11,16-18,24H,12H2,1-2H3/t16-,17-,18-,22-/m1/s1. The normalized spacial score (nSPS) is 28.5. The molecular weight excluding hydrogens is 375 g/mol. The molecule has 6 nitrogen and oxygen atoms in total. The summed E-state index contributed by atoms with van der Waals surface area (Å²) in [6.07, 6.45) is 0.187. The summed E-state index contributed by atoms with van der Waals surface area (Å²) in [5.74, 6) is -3.47. The first kappa shape index (κ1) is 19.3. The quantitative estimate of drug-likeness (QED) is 0.631. The molecule has 2 fully saturated rings. The number of imide groups is 1. The van der Waals surface area contributed by atoms with Gasteiger partial charge < -0.3 is 4.74 Å². The number of benzene rings is 2. The molecule has 2 aromatic rings. The van der Waals surface area contributed by atoms with E-state index in [4.69, 9.17) is 4.74 Å². The van der Waals surface area contributed by atoms with Crippen LogP contribution in [0.4, 0.5) is 4.39 Å². The Kier molecular flexibility index (Phi) is 4.70. The second kappa shape index (κ2) is 7.08. The summed E-state index contributed by atoms with van der Waals surface area (Å²) in [6.45, 7) is 0. The Labute approximate surface area is 167 Å². The smallest absolute Gasteiger partial charge is 0.327 e. The van der Waals surface area contributed by atoms with Crippen LogP contribution in [0.1, 0.15) is 17.2 Å². The van der Waals surface area contributed by atoms with Gasteiger partial charge in [-0.25, -0.2) is 4.39 Å². The van der Waals surface area contributed by atoms with Crippen molar-refractivity contribution in [3.63, 3.8) is 0 Å². The molecule has 0 spiro atoms. The number of methoxy groups -OCH3 is 1. The van der Waals surface area contributed by atoms with E-state index in [1.165, 1.54) is 26.3 Å². The monoisotopic (exact) mass is 396 g/mol. The number of nitrogens with one attached hydrogen (secondary N) is 1. The van der Waals surface area contributed by atoms with Gasteiger partial charge in [0.05, 0.1) is 18.9 Å². The molecule has 1 N–H and O–H groups in total. The lowest BCUT2D eigenvalue weighted by atomic mass is 9.76. The fourth-order valence-electron chi connectivity index (χ4n) is 4.63. The molecule has 0 unspecified atom stereocenters. The summed E-state index contributed by atoms with van der Waals surface area (Å²) < 4.78 is 18.5. The Balaban J connectivity index is 1.85. The third kappa shape index (κ3) is 2.93. The topological polar surface area (TPSA) is 75.7 Å². The molecule has 2 amide bonds. The molecule has 150 valence electrons. The number of likely N-dealkylation sites (tertiary alicyclic amines) is 1. The van der Waals surface area contributed by atoms with Crippen molar-refractivity contribution in [2.24, 2.45) is 11.8 Å². The molecule has 7 heteroatoms. The molecule has 0 saturated carbocycles. The summed E-state index contributed by atoms with van der Waals surface area (Å²) in [5, 5.41) is 3.26. The van der Waals surface area contributed by atoms with Gasteiger partial charge in [0.2, 0.25) is 11.8 Å². The molecule has 4 atom stereocenters.